The van der Waals surface area contributed by atoms with Crippen molar-refractivity contribution in [3.05, 3.63) is 24.9 Å². The Kier molecular flexibility index (Phi) is 3.09. The lowest BCUT2D eigenvalue weighted by Gasteiger charge is -1.93. The number of hydrogen-bond acceptors (Lipinski definition) is 4. The van der Waals surface area contributed by atoms with Crippen LogP contribution < -0.4 is 0 Å². The third kappa shape index (κ3) is 2.34. The average molecular weight is 415 g/mol. The van der Waals surface area contributed by atoms with Crippen LogP contribution in [0.3, 0.4) is 0 Å². The Morgan fingerprint density at radius 2 is 2.08 bits per heavy atom. The molecular weight excluding hydrogens is 412 g/mol. The molecule has 0 aromatic carbocycles. The van der Waals surface area contributed by atoms with E-state index in [0.29, 0.717) is 0 Å². The van der Waals surface area contributed by atoms with Gasteiger partial charge in [0.15, 0.2) is 8.02 Å². The highest BCUT2D eigenvalue weighted by Gasteiger charge is 2.05. The molecule has 0 aliphatic heterocycles. The quantitative estimate of drug-likeness (QED) is 0.673. The number of hydrogen-bond donors (Lipinski definition) is 0. The molecule has 0 amide bonds. The second kappa shape index (κ2) is 4.13. The first-order valence-corrected chi connectivity index (χ1v) is 6.34. The molecule has 0 aliphatic carbocycles. The zero-order valence-electron chi connectivity index (χ0n) is 6.24. The number of pyridine rings is 1. The van der Waals surface area contributed by atoms with Gasteiger partial charge in [0.25, 0.3) is 0 Å². The van der Waals surface area contributed by atoms with Gasteiger partial charge >= 0.3 is 0 Å². The molecule has 66 valence electrons. The molecule has 0 aliphatic rings. The van der Waals surface area contributed by atoms with Crippen LogP contribution >= 0.6 is 56.5 Å². The van der Waals surface area contributed by atoms with Gasteiger partial charge in [-0.2, -0.15) is 0 Å². The second-order valence-electron chi connectivity index (χ2n) is 2.22. The summed E-state index contributed by atoms with van der Waals surface area (Å²) in [5.41, 5.74) is 0.896. The lowest BCUT2D eigenvalue weighted by molar-refractivity contribution is 1.07. The third-order valence-electron chi connectivity index (χ3n) is 1.34. The molecule has 2 aromatic heterocycles. The van der Waals surface area contributed by atoms with Crippen LogP contribution in [0, 0.1) is 6.58 Å². The van der Waals surface area contributed by atoms with Crippen LogP contribution in [0.25, 0.3) is 10.7 Å². The molecule has 0 saturated heterocycles. The Morgan fingerprint density at radius 3 is 2.69 bits per heavy atom. The summed E-state index contributed by atoms with van der Waals surface area (Å²) >= 11 is 5.95. The van der Waals surface area contributed by atoms with Gasteiger partial charge in [-0.1, -0.05) is 11.3 Å². The first-order chi connectivity index (χ1) is 6.25. The Labute approximate surface area is 106 Å². The monoisotopic (exact) mass is 415 g/mol. The van der Waals surface area contributed by atoms with E-state index >= 15 is 0 Å². The van der Waals surface area contributed by atoms with E-state index in [4.69, 9.17) is 0 Å². The predicted molar refractivity (Wildman–Crippen MR) is 68.6 cm³/mol. The van der Waals surface area contributed by atoms with Crippen molar-refractivity contribution >= 4 is 56.5 Å². The molecule has 0 radical (unpaired) electrons. The van der Waals surface area contributed by atoms with Crippen molar-refractivity contribution in [1.82, 2.24) is 15.2 Å². The Morgan fingerprint density at radius 1 is 1.23 bits per heavy atom. The van der Waals surface area contributed by atoms with Crippen molar-refractivity contribution in [3.8, 4) is 10.7 Å². The van der Waals surface area contributed by atoms with Crippen LogP contribution in [-0.4, -0.2) is 15.2 Å². The zero-order chi connectivity index (χ0) is 9.26. The highest BCUT2D eigenvalue weighted by molar-refractivity contribution is 14.1. The summed E-state index contributed by atoms with van der Waals surface area (Å²) in [6.07, 6.45) is 1.78. The van der Waals surface area contributed by atoms with Gasteiger partial charge in [0.05, 0.1) is 0 Å². The van der Waals surface area contributed by atoms with E-state index in [1.54, 1.807) is 17.5 Å². The minimum atomic E-state index is 0.878. The van der Waals surface area contributed by atoms with Crippen molar-refractivity contribution in [2.45, 2.75) is 0 Å². The number of rotatable bonds is 1. The van der Waals surface area contributed by atoms with Gasteiger partial charge in [0, 0.05) is 9.77 Å². The molecule has 0 bridgehead atoms. The fraction of sp³-hybridized carbons (Fsp3) is 0. The van der Waals surface area contributed by atoms with Gasteiger partial charge in [0.1, 0.15) is 5.69 Å². The first kappa shape index (κ1) is 9.71. The van der Waals surface area contributed by atoms with Crippen LogP contribution in [0.4, 0.5) is 0 Å². The highest BCUT2D eigenvalue weighted by atomic mass is 127. The minimum Gasteiger partial charge on any atom is -0.254 e. The van der Waals surface area contributed by atoms with Crippen molar-refractivity contribution < 1.29 is 0 Å². The average Bonchev–Trinajstić information content (AvgIpc) is 2.52. The molecule has 0 saturated carbocycles. The molecule has 3 nitrogen and oxygen atoms in total. The lowest BCUT2D eigenvalue weighted by Crippen LogP contribution is -1.82. The molecule has 2 rings (SSSR count). The number of aromatic nitrogens is 3. The van der Waals surface area contributed by atoms with E-state index in [2.05, 4.69) is 60.4 Å². The zero-order valence-corrected chi connectivity index (χ0v) is 11.4. The largest absolute Gasteiger partial charge is 0.254 e. The van der Waals surface area contributed by atoms with Crippen molar-refractivity contribution in [3.63, 3.8) is 0 Å². The van der Waals surface area contributed by atoms with Crippen LogP contribution in [0.1, 0.15) is 0 Å². The maximum absolute atomic E-state index is 4.22. The number of halogens is 2. The summed E-state index contributed by atoms with van der Waals surface area (Å²) in [7, 11) is 0. The van der Waals surface area contributed by atoms with Gasteiger partial charge in [-0.3, -0.25) is 4.98 Å². The smallest absolute Gasteiger partial charge is 0.178 e. The van der Waals surface area contributed by atoms with Crippen LogP contribution in [0.15, 0.2) is 18.3 Å². The van der Waals surface area contributed by atoms with Gasteiger partial charge < -0.3 is 0 Å². The lowest BCUT2D eigenvalue weighted by atomic mass is 10.4. The SMILES string of the molecule is Ic1ccnc(-c2nnc(I)s2)c1. The fourth-order valence-electron chi connectivity index (χ4n) is 0.831. The Hall–Kier alpha value is 0.170. The molecule has 0 spiro atoms. The van der Waals surface area contributed by atoms with E-state index in [9.17, 15) is 0 Å². The Bertz CT molecular complexity index is 429. The minimum absolute atomic E-state index is 0.878. The highest BCUT2D eigenvalue weighted by Crippen LogP contribution is 2.23. The van der Waals surface area contributed by atoms with E-state index in [1.165, 1.54) is 0 Å². The maximum atomic E-state index is 4.22. The molecule has 2 aromatic rings. The normalized spacial score (nSPS) is 10.3. The molecule has 0 N–H and O–H groups in total. The van der Waals surface area contributed by atoms with Gasteiger partial charge in [0.2, 0.25) is 0 Å². The third-order valence-corrected chi connectivity index (χ3v) is 3.62. The summed E-state index contributed by atoms with van der Waals surface area (Å²) < 4.78 is 2.10. The number of nitrogens with zero attached hydrogens (tertiary/aromatic N) is 3. The van der Waals surface area contributed by atoms with Crippen LogP contribution in [-0.2, 0) is 0 Å². The van der Waals surface area contributed by atoms with Crippen molar-refractivity contribution in [1.29, 1.82) is 0 Å². The topological polar surface area (TPSA) is 38.7 Å². The second-order valence-corrected chi connectivity index (χ2v) is 6.20. The molecular formula is C7H3I2N3S. The molecule has 13 heavy (non-hydrogen) atoms. The summed E-state index contributed by atoms with van der Waals surface area (Å²) in [6.45, 7) is 0. The summed E-state index contributed by atoms with van der Waals surface area (Å²) in [4.78, 5) is 4.22. The fourth-order valence-corrected chi connectivity index (χ4v) is 2.56. The Balaban J connectivity index is 2.46. The summed E-state index contributed by atoms with van der Waals surface area (Å²) in [5.74, 6) is 0. The van der Waals surface area contributed by atoms with E-state index in [-0.39, 0.29) is 0 Å². The van der Waals surface area contributed by atoms with E-state index in [1.807, 2.05) is 12.1 Å². The van der Waals surface area contributed by atoms with Crippen molar-refractivity contribution in [2.75, 3.05) is 0 Å². The van der Waals surface area contributed by atoms with Gasteiger partial charge in [-0.25, -0.2) is 0 Å². The molecule has 0 atom stereocenters. The van der Waals surface area contributed by atoms with E-state index < -0.39 is 0 Å². The molecule has 0 fully saturated rings. The predicted octanol–water partition coefficient (Wildman–Crippen LogP) is 2.81. The maximum Gasteiger partial charge on any atom is 0.178 e. The first-order valence-electron chi connectivity index (χ1n) is 3.36. The standard InChI is InChI=1S/C7H3I2N3S/c8-4-1-2-10-5(3-4)6-11-12-7(9)13-6/h1-3H. The van der Waals surface area contributed by atoms with Gasteiger partial charge in [-0.05, 0) is 57.3 Å². The van der Waals surface area contributed by atoms with Gasteiger partial charge in [-0.15, -0.1) is 10.2 Å². The van der Waals surface area contributed by atoms with Crippen molar-refractivity contribution in [2.24, 2.45) is 0 Å². The summed E-state index contributed by atoms with van der Waals surface area (Å²) in [6, 6.07) is 3.95. The molecule has 0 unspecified atom stereocenters. The van der Waals surface area contributed by atoms with Crippen LogP contribution in [0.5, 0.6) is 0 Å². The molecule has 2 heterocycles. The van der Waals surface area contributed by atoms with E-state index in [0.717, 1.165) is 17.3 Å². The molecule has 6 heteroatoms. The summed E-state index contributed by atoms with van der Waals surface area (Å²) in [5, 5.41) is 8.84. The van der Waals surface area contributed by atoms with Crippen LogP contribution in [0.2, 0.25) is 0 Å².